The van der Waals surface area contributed by atoms with E-state index < -0.39 is 0 Å². The van der Waals surface area contributed by atoms with Crippen molar-refractivity contribution in [2.75, 3.05) is 0 Å². The van der Waals surface area contributed by atoms with E-state index in [2.05, 4.69) is 39.0 Å². The second-order valence-corrected chi connectivity index (χ2v) is 6.22. The van der Waals surface area contributed by atoms with Crippen molar-refractivity contribution in [2.24, 2.45) is 5.41 Å². The molecule has 0 spiro atoms. The molecule has 1 heteroatoms. The smallest absolute Gasteiger partial charge is 0.143 e. The third-order valence-electron chi connectivity index (χ3n) is 4.28. The molecule has 0 amide bonds. The zero-order valence-corrected chi connectivity index (χ0v) is 11.9. The lowest BCUT2D eigenvalue weighted by molar-refractivity contribution is -0.128. The molecule has 0 atom stereocenters. The van der Waals surface area contributed by atoms with E-state index >= 15 is 0 Å². The maximum absolute atomic E-state index is 12.5. The summed E-state index contributed by atoms with van der Waals surface area (Å²) in [7, 11) is 0. The predicted octanol–water partition coefficient (Wildman–Crippen LogP) is 4.39. The van der Waals surface area contributed by atoms with Crippen LogP contribution in [0.4, 0.5) is 0 Å². The topological polar surface area (TPSA) is 17.1 Å². The molecule has 18 heavy (non-hydrogen) atoms. The van der Waals surface area contributed by atoms with Gasteiger partial charge in [-0.05, 0) is 32.3 Å². The molecule has 1 saturated carbocycles. The van der Waals surface area contributed by atoms with Crippen LogP contribution in [0.5, 0.6) is 0 Å². The van der Waals surface area contributed by atoms with Gasteiger partial charge in [-0.3, -0.25) is 4.79 Å². The Kier molecular flexibility index (Phi) is 3.89. The highest BCUT2D eigenvalue weighted by molar-refractivity contribution is 5.86. The summed E-state index contributed by atoms with van der Waals surface area (Å²) in [6.45, 7) is 6.36. The maximum Gasteiger partial charge on any atom is 0.143 e. The lowest BCUT2D eigenvalue weighted by Crippen LogP contribution is -2.31. The summed E-state index contributed by atoms with van der Waals surface area (Å²) in [6.07, 6.45) is 6.50. The Hall–Kier alpha value is -1.11. The van der Waals surface area contributed by atoms with Crippen LogP contribution in [-0.4, -0.2) is 5.78 Å². The minimum Gasteiger partial charge on any atom is -0.299 e. The summed E-state index contributed by atoms with van der Waals surface area (Å²) < 4.78 is 0. The molecule has 0 bridgehead atoms. The van der Waals surface area contributed by atoms with E-state index in [-0.39, 0.29) is 5.41 Å². The second-order valence-electron chi connectivity index (χ2n) is 6.22. The first-order valence-corrected chi connectivity index (χ1v) is 7.10. The number of aryl methyl sites for hydroxylation is 2. The molecule has 2 rings (SSSR count). The maximum atomic E-state index is 12.5. The van der Waals surface area contributed by atoms with E-state index in [4.69, 9.17) is 0 Å². The molecule has 0 aromatic heterocycles. The Morgan fingerprint density at radius 2 is 1.61 bits per heavy atom. The number of benzene rings is 1. The van der Waals surface area contributed by atoms with Crippen molar-refractivity contribution in [3.05, 3.63) is 34.9 Å². The first kappa shape index (κ1) is 13.3. The monoisotopic (exact) mass is 244 g/mol. The molecular weight excluding hydrogens is 220 g/mol. The Balaban J connectivity index is 2.10. The van der Waals surface area contributed by atoms with Gasteiger partial charge in [-0.15, -0.1) is 0 Å². The molecule has 0 heterocycles. The summed E-state index contributed by atoms with van der Waals surface area (Å²) in [5, 5.41) is 0. The number of hydrogen-bond acceptors (Lipinski definition) is 1. The highest BCUT2D eigenvalue weighted by atomic mass is 16.1. The van der Waals surface area contributed by atoms with Gasteiger partial charge in [0.15, 0.2) is 0 Å². The lowest BCUT2D eigenvalue weighted by atomic mass is 9.71. The molecule has 0 N–H and O–H groups in total. The minimum atomic E-state index is -0.0596. The highest BCUT2D eigenvalue weighted by Crippen LogP contribution is 2.37. The van der Waals surface area contributed by atoms with Crippen LogP contribution in [0.3, 0.4) is 0 Å². The third-order valence-corrected chi connectivity index (χ3v) is 4.28. The Morgan fingerprint density at radius 1 is 1.06 bits per heavy atom. The van der Waals surface area contributed by atoms with E-state index in [1.54, 1.807) is 0 Å². The Labute approximate surface area is 111 Å². The molecule has 1 aliphatic carbocycles. The van der Waals surface area contributed by atoms with Gasteiger partial charge in [0.05, 0.1) is 0 Å². The van der Waals surface area contributed by atoms with Crippen LogP contribution in [0.1, 0.15) is 55.7 Å². The second kappa shape index (κ2) is 5.26. The number of carbonyl (C=O) groups is 1. The third kappa shape index (κ3) is 3.01. The summed E-state index contributed by atoms with van der Waals surface area (Å²) >= 11 is 0. The van der Waals surface area contributed by atoms with E-state index in [0.717, 1.165) is 12.8 Å². The fourth-order valence-electron chi connectivity index (χ4n) is 3.18. The number of ketones is 1. The van der Waals surface area contributed by atoms with Crippen LogP contribution < -0.4 is 0 Å². The van der Waals surface area contributed by atoms with Gasteiger partial charge in [0, 0.05) is 11.8 Å². The van der Waals surface area contributed by atoms with Gasteiger partial charge in [-0.2, -0.15) is 0 Å². The number of carbonyl (C=O) groups excluding carboxylic acids is 1. The van der Waals surface area contributed by atoms with Crippen molar-refractivity contribution in [3.63, 3.8) is 0 Å². The van der Waals surface area contributed by atoms with Gasteiger partial charge in [0.2, 0.25) is 0 Å². The quantitative estimate of drug-likeness (QED) is 0.771. The molecule has 1 fully saturated rings. The van der Waals surface area contributed by atoms with Crippen molar-refractivity contribution >= 4 is 5.78 Å². The molecular formula is C17H24O. The van der Waals surface area contributed by atoms with E-state index in [1.807, 2.05) is 0 Å². The molecule has 1 aromatic carbocycles. The van der Waals surface area contributed by atoms with Gasteiger partial charge in [-0.25, -0.2) is 0 Å². The fraction of sp³-hybridized carbons (Fsp3) is 0.588. The number of Topliss-reactive ketones (excluding diaryl/α,β-unsaturated/α-hetero) is 1. The minimum absolute atomic E-state index is 0.0596. The summed E-state index contributed by atoms with van der Waals surface area (Å²) in [5.74, 6) is 0.437. The Morgan fingerprint density at radius 3 is 2.17 bits per heavy atom. The van der Waals surface area contributed by atoms with Crippen LogP contribution in [0.25, 0.3) is 0 Å². The van der Waals surface area contributed by atoms with Gasteiger partial charge in [0.25, 0.3) is 0 Å². The van der Waals surface area contributed by atoms with Crippen LogP contribution in [-0.2, 0) is 11.2 Å². The van der Waals surface area contributed by atoms with Crippen LogP contribution in [0.2, 0.25) is 0 Å². The van der Waals surface area contributed by atoms with E-state index in [9.17, 15) is 4.79 Å². The predicted molar refractivity (Wildman–Crippen MR) is 75.8 cm³/mol. The standard InChI is InChI=1S/C17H24O/c1-13-9-14(2)11-15(10-13)12-16(18)17(3)7-5-4-6-8-17/h9-11H,4-8,12H2,1-3H3. The zero-order valence-electron chi connectivity index (χ0n) is 11.9. The average molecular weight is 244 g/mol. The SMILES string of the molecule is Cc1cc(C)cc(CC(=O)C2(C)CCCCC2)c1. The molecule has 0 aliphatic heterocycles. The van der Waals surface area contributed by atoms with Crippen molar-refractivity contribution in [1.29, 1.82) is 0 Å². The molecule has 98 valence electrons. The number of hydrogen-bond donors (Lipinski definition) is 0. The van der Waals surface area contributed by atoms with Gasteiger partial charge >= 0.3 is 0 Å². The molecule has 0 radical (unpaired) electrons. The zero-order chi connectivity index (χ0) is 13.2. The van der Waals surface area contributed by atoms with Gasteiger partial charge in [-0.1, -0.05) is 55.5 Å². The van der Waals surface area contributed by atoms with Crippen LogP contribution in [0, 0.1) is 19.3 Å². The van der Waals surface area contributed by atoms with Crippen molar-refractivity contribution in [2.45, 2.75) is 59.3 Å². The van der Waals surface area contributed by atoms with Gasteiger partial charge < -0.3 is 0 Å². The van der Waals surface area contributed by atoms with Crippen LogP contribution >= 0.6 is 0 Å². The molecule has 0 unspecified atom stereocenters. The van der Waals surface area contributed by atoms with E-state index in [0.29, 0.717) is 12.2 Å². The molecule has 0 saturated heterocycles. The molecule has 1 nitrogen and oxygen atoms in total. The Bertz CT molecular complexity index is 419. The van der Waals surface area contributed by atoms with Gasteiger partial charge in [0.1, 0.15) is 5.78 Å². The summed E-state index contributed by atoms with van der Waals surface area (Å²) in [4.78, 5) is 12.5. The molecule has 1 aliphatic rings. The fourth-order valence-corrected chi connectivity index (χ4v) is 3.18. The van der Waals surface area contributed by atoms with Crippen molar-refractivity contribution in [3.8, 4) is 0 Å². The molecule has 1 aromatic rings. The lowest BCUT2D eigenvalue weighted by Gasteiger charge is -2.32. The van der Waals surface area contributed by atoms with Crippen molar-refractivity contribution < 1.29 is 4.79 Å². The van der Waals surface area contributed by atoms with Crippen LogP contribution in [0.15, 0.2) is 18.2 Å². The normalized spacial score (nSPS) is 18.6. The summed E-state index contributed by atoms with van der Waals surface area (Å²) in [6, 6.07) is 6.46. The van der Waals surface area contributed by atoms with Crippen molar-refractivity contribution in [1.82, 2.24) is 0 Å². The largest absolute Gasteiger partial charge is 0.299 e. The summed E-state index contributed by atoms with van der Waals surface area (Å²) in [5.41, 5.74) is 3.64. The van der Waals surface area contributed by atoms with E-state index in [1.165, 1.54) is 36.0 Å². The average Bonchev–Trinajstić information content (AvgIpc) is 2.28. The first-order chi connectivity index (χ1) is 8.49. The highest BCUT2D eigenvalue weighted by Gasteiger charge is 2.33. The first-order valence-electron chi connectivity index (χ1n) is 7.10. The number of rotatable bonds is 3.